The van der Waals surface area contributed by atoms with Crippen molar-refractivity contribution < 1.29 is 4.79 Å². The topological polar surface area (TPSA) is 55.1 Å². The lowest BCUT2D eigenvalue weighted by molar-refractivity contribution is 0.182. The van der Waals surface area contributed by atoms with Crippen LogP contribution in [0.2, 0.25) is 0 Å². The summed E-state index contributed by atoms with van der Waals surface area (Å²) in [6, 6.07) is 22.5. The molecule has 6 heteroatoms. The van der Waals surface area contributed by atoms with E-state index in [1.54, 1.807) is 7.05 Å². The van der Waals surface area contributed by atoms with E-state index in [1.807, 2.05) is 40.8 Å². The second-order valence-corrected chi connectivity index (χ2v) is 8.12. The normalized spacial score (nSPS) is 15.1. The van der Waals surface area contributed by atoms with Crippen LogP contribution in [0.25, 0.3) is 11.5 Å². The van der Waals surface area contributed by atoms with Gasteiger partial charge in [-0.25, -0.2) is 9.48 Å². The number of hydrogen-bond donors (Lipinski definition) is 1. The zero-order valence-electron chi connectivity index (χ0n) is 18.6. The second kappa shape index (κ2) is 8.04. The Hall–Kier alpha value is -3.80. The molecule has 0 radical (unpaired) electrons. The standard InChI is InChI=1S/C26H27N5O/c1-4-19-12-14-20(15-13-19)24-23-11-8-16-29(23)25-22(17-30(24)26(32)27-3)18(2)28-31(25)21-9-6-5-7-10-21/h5-16,24H,4,17H2,1-3H3,(H,27,32)/t24-/m1/s1. The highest BCUT2D eigenvalue weighted by atomic mass is 16.2. The Morgan fingerprint density at radius 2 is 1.81 bits per heavy atom. The molecule has 0 aliphatic carbocycles. The SMILES string of the molecule is CCc1ccc([C@@H]2c3cccn3-c3c(c(C)nn3-c3ccccc3)CN2C(=O)NC)cc1. The highest BCUT2D eigenvalue weighted by molar-refractivity contribution is 5.75. The Kier molecular flexibility index (Phi) is 5.05. The summed E-state index contributed by atoms with van der Waals surface area (Å²) in [5, 5.41) is 7.71. The fourth-order valence-corrected chi connectivity index (χ4v) is 4.58. The monoisotopic (exact) mass is 425 g/mol. The van der Waals surface area contributed by atoms with Gasteiger partial charge in [0.15, 0.2) is 0 Å². The van der Waals surface area contributed by atoms with Crippen molar-refractivity contribution in [3.8, 4) is 11.5 Å². The quantitative estimate of drug-likeness (QED) is 0.514. The number of urea groups is 1. The number of carbonyl (C=O) groups is 1. The summed E-state index contributed by atoms with van der Waals surface area (Å²) >= 11 is 0. The molecule has 162 valence electrons. The van der Waals surface area contributed by atoms with Gasteiger partial charge in [-0.15, -0.1) is 0 Å². The molecule has 1 N–H and O–H groups in total. The van der Waals surface area contributed by atoms with Gasteiger partial charge in [-0.05, 0) is 48.7 Å². The minimum atomic E-state index is -0.216. The third-order valence-corrected chi connectivity index (χ3v) is 6.27. The van der Waals surface area contributed by atoms with Crippen LogP contribution in [0.15, 0.2) is 72.9 Å². The van der Waals surface area contributed by atoms with E-state index in [4.69, 9.17) is 5.10 Å². The average molecular weight is 426 g/mol. The fourth-order valence-electron chi connectivity index (χ4n) is 4.58. The Morgan fingerprint density at radius 1 is 1.06 bits per heavy atom. The molecule has 2 aromatic carbocycles. The summed E-state index contributed by atoms with van der Waals surface area (Å²) < 4.78 is 4.17. The number of aromatic nitrogens is 3. The van der Waals surface area contributed by atoms with Crippen LogP contribution >= 0.6 is 0 Å². The molecule has 32 heavy (non-hydrogen) atoms. The number of aryl methyl sites for hydroxylation is 2. The molecule has 1 aliphatic heterocycles. The molecule has 2 aromatic heterocycles. The molecule has 0 fully saturated rings. The lowest BCUT2D eigenvalue weighted by atomic mass is 10.00. The van der Waals surface area contributed by atoms with E-state index in [0.29, 0.717) is 6.54 Å². The van der Waals surface area contributed by atoms with Crippen molar-refractivity contribution in [2.75, 3.05) is 7.05 Å². The summed E-state index contributed by atoms with van der Waals surface area (Å²) in [7, 11) is 1.69. The summed E-state index contributed by atoms with van der Waals surface area (Å²) in [6.07, 6.45) is 3.05. The molecule has 0 unspecified atom stereocenters. The van der Waals surface area contributed by atoms with Crippen LogP contribution in [-0.2, 0) is 13.0 Å². The summed E-state index contributed by atoms with van der Waals surface area (Å²) in [6.45, 7) is 4.63. The minimum Gasteiger partial charge on any atom is -0.341 e. The molecule has 0 spiro atoms. The van der Waals surface area contributed by atoms with E-state index in [0.717, 1.165) is 40.4 Å². The fraction of sp³-hybridized carbons (Fsp3) is 0.231. The summed E-state index contributed by atoms with van der Waals surface area (Å²) in [5.74, 6) is 0.982. The predicted octanol–water partition coefficient (Wildman–Crippen LogP) is 4.78. The van der Waals surface area contributed by atoms with Crippen molar-refractivity contribution in [3.05, 3.63) is 101 Å². The van der Waals surface area contributed by atoms with Crippen molar-refractivity contribution in [2.24, 2.45) is 0 Å². The molecule has 4 aromatic rings. The van der Waals surface area contributed by atoms with Gasteiger partial charge < -0.3 is 14.8 Å². The number of benzene rings is 2. The Morgan fingerprint density at radius 3 is 2.50 bits per heavy atom. The summed E-state index contributed by atoms with van der Waals surface area (Å²) in [4.78, 5) is 15.0. The smallest absolute Gasteiger partial charge is 0.318 e. The lowest BCUT2D eigenvalue weighted by Gasteiger charge is -2.30. The van der Waals surface area contributed by atoms with Crippen LogP contribution < -0.4 is 5.32 Å². The van der Waals surface area contributed by atoms with Gasteiger partial charge in [-0.2, -0.15) is 5.10 Å². The maximum atomic E-state index is 13.1. The Labute approximate surface area is 188 Å². The number of nitrogens with zero attached hydrogens (tertiary/aromatic N) is 4. The van der Waals surface area contributed by atoms with Gasteiger partial charge in [0.1, 0.15) is 5.82 Å². The second-order valence-electron chi connectivity index (χ2n) is 8.12. The van der Waals surface area contributed by atoms with E-state index in [1.165, 1.54) is 5.56 Å². The predicted molar refractivity (Wildman–Crippen MR) is 125 cm³/mol. The van der Waals surface area contributed by atoms with Crippen molar-refractivity contribution in [2.45, 2.75) is 32.9 Å². The molecular weight excluding hydrogens is 398 g/mol. The van der Waals surface area contributed by atoms with Crippen LogP contribution in [0.5, 0.6) is 0 Å². The number of rotatable bonds is 3. The molecule has 2 amide bonds. The molecular formula is C26H27N5O. The number of carbonyl (C=O) groups excluding carboxylic acids is 1. The number of para-hydroxylation sites is 1. The average Bonchev–Trinajstić information content (AvgIpc) is 3.40. The zero-order valence-corrected chi connectivity index (χ0v) is 18.6. The van der Waals surface area contributed by atoms with Crippen molar-refractivity contribution >= 4 is 6.03 Å². The van der Waals surface area contributed by atoms with E-state index in [9.17, 15) is 4.79 Å². The molecule has 0 bridgehead atoms. The highest BCUT2D eigenvalue weighted by Crippen LogP contribution is 2.38. The van der Waals surface area contributed by atoms with Gasteiger partial charge in [0.25, 0.3) is 0 Å². The molecule has 0 saturated carbocycles. The first-order valence-corrected chi connectivity index (χ1v) is 11.0. The number of amides is 2. The van der Waals surface area contributed by atoms with E-state index in [-0.39, 0.29) is 12.1 Å². The molecule has 1 aliphatic rings. The van der Waals surface area contributed by atoms with Gasteiger partial charge in [-0.3, -0.25) is 0 Å². The molecule has 0 saturated heterocycles. The van der Waals surface area contributed by atoms with Gasteiger partial charge >= 0.3 is 6.03 Å². The maximum Gasteiger partial charge on any atom is 0.318 e. The Bertz CT molecular complexity index is 1250. The number of fused-ring (bicyclic) bond motifs is 3. The van der Waals surface area contributed by atoms with Crippen LogP contribution in [0.4, 0.5) is 4.79 Å². The van der Waals surface area contributed by atoms with Gasteiger partial charge in [-0.1, -0.05) is 49.4 Å². The van der Waals surface area contributed by atoms with Crippen molar-refractivity contribution in [3.63, 3.8) is 0 Å². The highest BCUT2D eigenvalue weighted by Gasteiger charge is 2.35. The third-order valence-electron chi connectivity index (χ3n) is 6.27. The first-order valence-electron chi connectivity index (χ1n) is 11.0. The van der Waals surface area contributed by atoms with Gasteiger partial charge in [0.05, 0.1) is 29.7 Å². The maximum absolute atomic E-state index is 13.1. The van der Waals surface area contributed by atoms with Crippen LogP contribution in [0.1, 0.15) is 41.0 Å². The largest absolute Gasteiger partial charge is 0.341 e. The first-order chi connectivity index (χ1) is 15.6. The lowest BCUT2D eigenvalue weighted by Crippen LogP contribution is -2.40. The minimum absolute atomic E-state index is 0.109. The third kappa shape index (κ3) is 3.19. The van der Waals surface area contributed by atoms with Crippen LogP contribution in [0.3, 0.4) is 0 Å². The molecule has 3 heterocycles. The van der Waals surface area contributed by atoms with Gasteiger partial charge in [0.2, 0.25) is 0 Å². The van der Waals surface area contributed by atoms with E-state index in [2.05, 4.69) is 65.5 Å². The zero-order chi connectivity index (χ0) is 22.2. The van der Waals surface area contributed by atoms with Crippen molar-refractivity contribution in [1.29, 1.82) is 0 Å². The number of hydrogen-bond acceptors (Lipinski definition) is 2. The molecule has 1 atom stereocenters. The van der Waals surface area contributed by atoms with Crippen LogP contribution in [0, 0.1) is 6.92 Å². The first kappa shape index (κ1) is 20.1. The molecule has 6 nitrogen and oxygen atoms in total. The summed E-state index contributed by atoms with van der Waals surface area (Å²) in [5.41, 5.74) is 6.36. The van der Waals surface area contributed by atoms with E-state index >= 15 is 0 Å². The van der Waals surface area contributed by atoms with Crippen LogP contribution in [-0.4, -0.2) is 32.3 Å². The Balaban J connectivity index is 1.75. The number of nitrogens with one attached hydrogen (secondary N) is 1. The van der Waals surface area contributed by atoms with Gasteiger partial charge in [0, 0.05) is 18.8 Å². The molecule has 5 rings (SSSR count). The van der Waals surface area contributed by atoms with Crippen molar-refractivity contribution in [1.82, 2.24) is 24.6 Å². The van der Waals surface area contributed by atoms with E-state index < -0.39 is 0 Å².